The largest absolute Gasteiger partial charge is 0.497 e. The van der Waals surface area contributed by atoms with E-state index < -0.39 is 0 Å². The molecule has 2 atom stereocenters. The topological polar surface area (TPSA) is 68.3 Å². The molecule has 2 amide bonds. The number of methoxy groups -OCH3 is 2. The Morgan fingerprint density at radius 2 is 1.68 bits per heavy atom. The molecule has 31 heavy (non-hydrogen) atoms. The molecular weight excluding hydrogens is 396 g/mol. The van der Waals surface area contributed by atoms with E-state index in [9.17, 15) is 9.59 Å². The van der Waals surface area contributed by atoms with Gasteiger partial charge in [-0.2, -0.15) is 0 Å². The zero-order valence-electron chi connectivity index (χ0n) is 18.0. The molecular formula is C24H28N2O5. The molecule has 0 saturated carbocycles. The van der Waals surface area contributed by atoms with Crippen LogP contribution in [0.25, 0.3) is 0 Å². The third-order valence-corrected chi connectivity index (χ3v) is 6.11. The summed E-state index contributed by atoms with van der Waals surface area (Å²) in [5, 5.41) is 0. The second-order valence-electron chi connectivity index (χ2n) is 7.83. The van der Waals surface area contributed by atoms with Crippen molar-refractivity contribution in [1.29, 1.82) is 0 Å². The second kappa shape index (κ2) is 9.39. The minimum atomic E-state index is -0.340. The summed E-state index contributed by atoms with van der Waals surface area (Å²) in [5.74, 6) is 0.854. The molecule has 0 bridgehead atoms. The Kier molecular flexibility index (Phi) is 6.42. The quantitative estimate of drug-likeness (QED) is 0.738. The summed E-state index contributed by atoms with van der Waals surface area (Å²) in [6.45, 7) is 3.08. The molecule has 0 unspecified atom stereocenters. The second-order valence-corrected chi connectivity index (χ2v) is 7.83. The normalized spacial score (nSPS) is 21.1. The van der Waals surface area contributed by atoms with Crippen LogP contribution in [-0.2, 0) is 9.53 Å². The summed E-state index contributed by atoms with van der Waals surface area (Å²) in [6, 6.07) is 14.8. The molecule has 164 valence electrons. The summed E-state index contributed by atoms with van der Waals surface area (Å²) in [7, 11) is 3.22. The van der Waals surface area contributed by atoms with E-state index in [1.807, 2.05) is 53.4 Å². The number of carbonyl (C=O) groups excluding carboxylic acids is 2. The highest BCUT2D eigenvalue weighted by Crippen LogP contribution is 2.40. The van der Waals surface area contributed by atoms with Gasteiger partial charge in [0.2, 0.25) is 5.91 Å². The molecule has 2 aromatic carbocycles. The lowest BCUT2D eigenvalue weighted by molar-refractivity contribution is -0.139. The Labute approximate surface area is 182 Å². The average molecular weight is 424 g/mol. The van der Waals surface area contributed by atoms with Crippen LogP contribution < -0.4 is 9.47 Å². The Hall–Kier alpha value is -3.06. The number of amides is 2. The lowest BCUT2D eigenvalue weighted by Gasteiger charge is -2.31. The van der Waals surface area contributed by atoms with Crippen molar-refractivity contribution in [1.82, 2.24) is 9.80 Å². The van der Waals surface area contributed by atoms with E-state index in [4.69, 9.17) is 14.2 Å². The number of hydrogen-bond acceptors (Lipinski definition) is 5. The van der Waals surface area contributed by atoms with Gasteiger partial charge < -0.3 is 24.0 Å². The maximum Gasteiger partial charge on any atom is 0.253 e. The van der Waals surface area contributed by atoms with Crippen molar-refractivity contribution in [2.45, 2.75) is 5.92 Å². The molecule has 2 aliphatic rings. The highest BCUT2D eigenvalue weighted by molar-refractivity contribution is 5.95. The molecule has 7 heteroatoms. The van der Waals surface area contributed by atoms with E-state index >= 15 is 0 Å². The van der Waals surface area contributed by atoms with E-state index in [0.717, 1.165) is 5.56 Å². The predicted molar refractivity (Wildman–Crippen MR) is 116 cm³/mol. The fourth-order valence-corrected chi connectivity index (χ4v) is 4.44. The molecule has 0 spiro atoms. The molecule has 4 rings (SSSR count). The lowest BCUT2D eigenvalue weighted by atomic mass is 9.87. The Morgan fingerprint density at radius 1 is 0.935 bits per heavy atom. The molecule has 0 aliphatic carbocycles. The van der Waals surface area contributed by atoms with Crippen molar-refractivity contribution in [3.05, 3.63) is 59.7 Å². The standard InChI is InChI=1S/C24H28N2O5/c1-29-18-8-9-19(22(14-18)30-2)20-15-26(23(27)17-6-4-3-5-7-17)16-21(20)24(28)25-10-12-31-13-11-25/h3-9,14,20-21H,10-13,15-16H2,1-2H3/t20-,21-/m1/s1. The zero-order chi connectivity index (χ0) is 21.8. The van der Waals surface area contributed by atoms with Gasteiger partial charge in [-0.3, -0.25) is 9.59 Å². The molecule has 2 heterocycles. The molecule has 0 radical (unpaired) electrons. The fourth-order valence-electron chi connectivity index (χ4n) is 4.44. The first-order valence-electron chi connectivity index (χ1n) is 10.5. The fraction of sp³-hybridized carbons (Fsp3) is 0.417. The third kappa shape index (κ3) is 4.37. The number of morpholine rings is 1. The van der Waals surface area contributed by atoms with Gasteiger partial charge in [0.1, 0.15) is 11.5 Å². The number of benzene rings is 2. The zero-order valence-corrected chi connectivity index (χ0v) is 18.0. The van der Waals surface area contributed by atoms with Crippen molar-refractivity contribution in [2.24, 2.45) is 5.92 Å². The predicted octanol–water partition coefficient (Wildman–Crippen LogP) is 2.42. The molecule has 2 aromatic rings. The van der Waals surface area contributed by atoms with Crippen LogP contribution in [0.4, 0.5) is 0 Å². The number of carbonyl (C=O) groups is 2. The highest BCUT2D eigenvalue weighted by Gasteiger charge is 2.43. The number of likely N-dealkylation sites (tertiary alicyclic amines) is 1. The van der Waals surface area contributed by atoms with Crippen LogP contribution in [0.1, 0.15) is 21.8 Å². The first-order chi connectivity index (χ1) is 15.1. The lowest BCUT2D eigenvalue weighted by Crippen LogP contribution is -2.45. The smallest absolute Gasteiger partial charge is 0.253 e. The van der Waals surface area contributed by atoms with E-state index in [1.54, 1.807) is 19.1 Å². The van der Waals surface area contributed by atoms with Crippen LogP contribution in [0.3, 0.4) is 0 Å². The monoisotopic (exact) mass is 424 g/mol. The van der Waals surface area contributed by atoms with Gasteiger partial charge in [0.25, 0.3) is 5.91 Å². The van der Waals surface area contributed by atoms with Crippen molar-refractivity contribution in [2.75, 3.05) is 53.6 Å². The van der Waals surface area contributed by atoms with Crippen LogP contribution in [0.15, 0.2) is 48.5 Å². The first-order valence-corrected chi connectivity index (χ1v) is 10.5. The van der Waals surface area contributed by atoms with Gasteiger partial charge in [-0.1, -0.05) is 24.3 Å². The van der Waals surface area contributed by atoms with Crippen molar-refractivity contribution in [3.8, 4) is 11.5 Å². The molecule has 0 N–H and O–H groups in total. The Balaban J connectivity index is 1.66. The summed E-state index contributed by atoms with van der Waals surface area (Å²) in [4.78, 5) is 30.3. The van der Waals surface area contributed by atoms with Crippen molar-refractivity contribution < 1.29 is 23.8 Å². The van der Waals surface area contributed by atoms with Crippen LogP contribution in [0.2, 0.25) is 0 Å². The minimum absolute atomic E-state index is 0.0599. The number of rotatable bonds is 5. The SMILES string of the molecule is COc1ccc([C@H]2CN(C(=O)c3ccccc3)C[C@H]2C(=O)N2CCOCC2)c(OC)c1. The van der Waals surface area contributed by atoms with Gasteiger partial charge in [-0.25, -0.2) is 0 Å². The number of ether oxygens (including phenoxy) is 3. The van der Waals surface area contributed by atoms with Gasteiger partial charge in [0.15, 0.2) is 0 Å². The Morgan fingerprint density at radius 3 is 2.35 bits per heavy atom. The van der Waals surface area contributed by atoms with Crippen LogP contribution >= 0.6 is 0 Å². The van der Waals surface area contributed by atoms with E-state index in [2.05, 4.69) is 0 Å². The first kappa shape index (κ1) is 21.2. The molecule has 2 aliphatic heterocycles. The van der Waals surface area contributed by atoms with Crippen LogP contribution in [0.5, 0.6) is 11.5 Å². The van der Waals surface area contributed by atoms with Crippen LogP contribution in [0, 0.1) is 5.92 Å². The highest BCUT2D eigenvalue weighted by atomic mass is 16.5. The summed E-state index contributed by atoms with van der Waals surface area (Å²) < 4.78 is 16.4. The van der Waals surface area contributed by atoms with E-state index in [1.165, 1.54) is 0 Å². The molecule has 2 saturated heterocycles. The van der Waals surface area contributed by atoms with Gasteiger partial charge in [-0.15, -0.1) is 0 Å². The van der Waals surface area contributed by atoms with Crippen molar-refractivity contribution in [3.63, 3.8) is 0 Å². The van der Waals surface area contributed by atoms with Crippen LogP contribution in [-0.4, -0.2) is 75.2 Å². The molecule has 2 fully saturated rings. The van der Waals surface area contributed by atoms with Gasteiger partial charge in [0, 0.05) is 49.3 Å². The molecule has 7 nitrogen and oxygen atoms in total. The third-order valence-electron chi connectivity index (χ3n) is 6.11. The maximum absolute atomic E-state index is 13.5. The van der Waals surface area contributed by atoms with E-state index in [0.29, 0.717) is 56.5 Å². The molecule has 0 aromatic heterocycles. The minimum Gasteiger partial charge on any atom is -0.497 e. The van der Waals surface area contributed by atoms with Gasteiger partial charge in [-0.05, 0) is 18.2 Å². The summed E-state index contributed by atoms with van der Waals surface area (Å²) >= 11 is 0. The number of hydrogen-bond donors (Lipinski definition) is 0. The van der Waals surface area contributed by atoms with Crippen molar-refractivity contribution >= 4 is 11.8 Å². The number of nitrogens with zero attached hydrogens (tertiary/aromatic N) is 2. The Bertz CT molecular complexity index is 927. The average Bonchev–Trinajstić information content (AvgIpc) is 3.28. The summed E-state index contributed by atoms with van der Waals surface area (Å²) in [5.41, 5.74) is 1.54. The van der Waals surface area contributed by atoms with Gasteiger partial charge >= 0.3 is 0 Å². The van der Waals surface area contributed by atoms with Gasteiger partial charge in [0.05, 0.1) is 33.4 Å². The summed E-state index contributed by atoms with van der Waals surface area (Å²) in [6.07, 6.45) is 0. The van der Waals surface area contributed by atoms with E-state index in [-0.39, 0.29) is 23.7 Å². The maximum atomic E-state index is 13.5.